The van der Waals surface area contributed by atoms with Crippen LogP contribution in [0, 0.1) is 11.2 Å². The number of amides is 1. The molecule has 0 aliphatic carbocycles. The number of fused-ring (bicyclic) bond motifs is 1. The van der Waals surface area contributed by atoms with Crippen molar-refractivity contribution >= 4 is 46.7 Å². The van der Waals surface area contributed by atoms with E-state index in [0.717, 1.165) is 10.9 Å². The predicted octanol–water partition coefficient (Wildman–Crippen LogP) is 3.64. The second-order valence-electron chi connectivity index (χ2n) is 4.85. The minimum atomic E-state index is -0.542. The molecule has 3 rings (SSSR count). The number of hydrogen-bond donors (Lipinski definition) is 4. The number of benzene rings is 2. The fraction of sp³-hybridized carbons (Fsp3) is 0. The van der Waals surface area contributed by atoms with Gasteiger partial charge in [0.25, 0.3) is 5.91 Å². The van der Waals surface area contributed by atoms with Crippen molar-refractivity contribution in [3.63, 3.8) is 0 Å². The van der Waals surface area contributed by atoms with Crippen molar-refractivity contribution in [2.45, 2.75) is 0 Å². The van der Waals surface area contributed by atoms with Crippen LogP contribution >= 0.6 is 24.0 Å². The van der Waals surface area contributed by atoms with Gasteiger partial charge in [-0.2, -0.15) is 0 Å². The van der Waals surface area contributed by atoms with E-state index >= 15 is 0 Å². The molecule has 1 aromatic heterocycles. The summed E-state index contributed by atoms with van der Waals surface area (Å²) >= 11 is 5.90. The highest BCUT2D eigenvalue weighted by Gasteiger charge is 2.12. The van der Waals surface area contributed by atoms with Crippen LogP contribution in [0.2, 0.25) is 5.02 Å². The van der Waals surface area contributed by atoms with E-state index in [1.807, 2.05) is 0 Å². The minimum absolute atomic E-state index is 0. The molecule has 1 heterocycles. The molecule has 24 heavy (non-hydrogen) atoms. The smallest absolute Gasteiger partial charge is 0.286 e. The number of aromatic nitrogens is 1. The van der Waals surface area contributed by atoms with Crippen LogP contribution in [0.1, 0.15) is 16.1 Å². The topological polar surface area (TPSA) is 80.8 Å². The third-order valence-electron chi connectivity index (χ3n) is 3.27. The zero-order valence-electron chi connectivity index (χ0n) is 12.2. The number of hydrazine groups is 1. The Hall–Kier alpha value is -2.57. The summed E-state index contributed by atoms with van der Waals surface area (Å²) in [4.78, 5) is 15.0. The zero-order chi connectivity index (χ0) is 16.4. The van der Waals surface area contributed by atoms with Crippen LogP contribution in [-0.2, 0) is 0 Å². The van der Waals surface area contributed by atoms with Crippen molar-refractivity contribution in [1.29, 1.82) is 5.41 Å². The molecule has 0 aliphatic rings. The van der Waals surface area contributed by atoms with Gasteiger partial charge in [-0.15, -0.1) is 12.4 Å². The minimum Gasteiger partial charge on any atom is -0.350 e. The molecule has 0 atom stereocenters. The lowest BCUT2D eigenvalue weighted by molar-refractivity contribution is 0.0939. The van der Waals surface area contributed by atoms with Gasteiger partial charge < -0.3 is 4.98 Å². The molecule has 0 saturated carbocycles. The highest BCUT2D eigenvalue weighted by molar-refractivity contribution is 6.31. The Balaban J connectivity index is 0.00000208. The number of hydrogen-bond acceptors (Lipinski definition) is 2. The van der Waals surface area contributed by atoms with Gasteiger partial charge in [-0.05, 0) is 36.4 Å². The van der Waals surface area contributed by atoms with Crippen LogP contribution < -0.4 is 10.9 Å². The number of carbonyl (C=O) groups excluding carboxylic acids is 1. The molecule has 5 nitrogen and oxygen atoms in total. The highest BCUT2D eigenvalue weighted by atomic mass is 35.5. The summed E-state index contributed by atoms with van der Waals surface area (Å²) in [5.74, 6) is -1.26. The van der Waals surface area contributed by atoms with Gasteiger partial charge in [-0.1, -0.05) is 23.7 Å². The van der Waals surface area contributed by atoms with Gasteiger partial charge in [0, 0.05) is 15.9 Å². The van der Waals surface area contributed by atoms with E-state index in [-0.39, 0.29) is 23.8 Å². The second-order valence-corrected chi connectivity index (χ2v) is 5.28. The number of rotatable bonds is 2. The maximum atomic E-state index is 13.6. The molecule has 0 radical (unpaired) electrons. The largest absolute Gasteiger partial charge is 0.350 e. The number of carbonyl (C=O) groups is 1. The van der Waals surface area contributed by atoms with Crippen molar-refractivity contribution in [3.05, 3.63) is 70.6 Å². The number of amidine groups is 1. The summed E-state index contributed by atoms with van der Waals surface area (Å²) in [5.41, 5.74) is 5.88. The fourth-order valence-electron chi connectivity index (χ4n) is 2.14. The lowest BCUT2D eigenvalue weighted by Gasteiger charge is -2.09. The Morgan fingerprint density at radius 3 is 2.62 bits per heavy atom. The SMILES string of the molecule is Cl.N=C(NNC(=O)c1cc2cc(Cl)ccc2[nH]1)c1ccccc1F. The predicted molar refractivity (Wildman–Crippen MR) is 94.4 cm³/mol. The first-order chi connectivity index (χ1) is 11.0. The van der Waals surface area contributed by atoms with E-state index in [1.165, 1.54) is 18.2 Å². The van der Waals surface area contributed by atoms with Gasteiger partial charge in [0.05, 0.1) is 5.56 Å². The van der Waals surface area contributed by atoms with E-state index < -0.39 is 11.7 Å². The standard InChI is InChI=1S/C16H12ClFN4O.ClH/c17-10-5-6-13-9(7-10)8-14(20-13)16(23)22-21-15(19)11-3-1-2-4-12(11)18;/h1-8,20H,(H2,19,21)(H,22,23);1H. The van der Waals surface area contributed by atoms with Gasteiger partial charge in [-0.3, -0.25) is 21.1 Å². The third-order valence-corrected chi connectivity index (χ3v) is 3.51. The van der Waals surface area contributed by atoms with Crippen LogP contribution in [0.3, 0.4) is 0 Å². The molecule has 0 fully saturated rings. The lowest BCUT2D eigenvalue weighted by atomic mass is 10.2. The van der Waals surface area contributed by atoms with Crippen molar-refractivity contribution < 1.29 is 9.18 Å². The molecular formula is C16H13Cl2FN4O. The molecular weight excluding hydrogens is 354 g/mol. The molecule has 0 aliphatic heterocycles. The van der Waals surface area contributed by atoms with E-state index in [0.29, 0.717) is 10.7 Å². The van der Waals surface area contributed by atoms with Gasteiger partial charge in [0.1, 0.15) is 17.3 Å². The second kappa shape index (κ2) is 7.33. The average molecular weight is 367 g/mol. The molecule has 1 amide bonds. The summed E-state index contributed by atoms with van der Waals surface area (Å²) in [6, 6.07) is 12.7. The first-order valence-electron chi connectivity index (χ1n) is 6.72. The quantitative estimate of drug-likeness (QED) is 0.317. The Morgan fingerprint density at radius 1 is 1.12 bits per heavy atom. The van der Waals surface area contributed by atoms with Gasteiger partial charge in [0.15, 0.2) is 0 Å². The molecule has 124 valence electrons. The number of aromatic amines is 1. The maximum Gasteiger partial charge on any atom is 0.286 e. The highest BCUT2D eigenvalue weighted by Crippen LogP contribution is 2.19. The normalized spacial score (nSPS) is 10.1. The first kappa shape index (κ1) is 17.8. The molecule has 0 unspecified atom stereocenters. The Labute approximate surface area is 148 Å². The van der Waals surface area contributed by atoms with Crippen LogP contribution in [0.4, 0.5) is 4.39 Å². The van der Waals surface area contributed by atoms with E-state index in [4.69, 9.17) is 17.0 Å². The molecule has 8 heteroatoms. The van der Waals surface area contributed by atoms with Crippen molar-refractivity contribution in [3.8, 4) is 0 Å². The van der Waals surface area contributed by atoms with E-state index in [1.54, 1.807) is 30.3 Å². The summed E-state index contributed by atoms with van der Waals surface area (Å²) in [6.07, 6.45) is 0. The summed E-state index contributed by atoms with van der Waals surface area (Å²) in [7, 11) is 0. The third kappa shape index (κ3) is 3.67. The molecule has 3 aromatic rings. The molecule has 0 bridgehead atoms. The van der Waals surface area contributed by atoms with E-state index in [9.17, 15) is 9.18 Å². The van der Waals surface area contributed by atoms with Gasteiger partial charge in [0.2, 0.25) is 0 Å². The Morgan fingerprint density at radius 2 is 1.88 bits per heavy atom. The number of nitrogens with one attached hydrogen (secondary N) is 4. The molecule has 2 aromatic carbocycles. The number of H-pyrrole nitrogens is 1. The fourth-order valence-corrected chi connectivity index (χ4v) is 2.32. The van der Waals surface area contributed by atoms with Crippen LogP contribution in [-0.4, -0.2) is 16.7 Å². The Kier molecular flexibility index (Phi) is 5.43. The van der Waals surface area contributed by atoms with Crippen molar-refractivity contribution in [2.24, 2.45) is 0 Å². The molecule has 0 spiro atoms. The van der Waals surface area contributed by atoms with Crippen molar-refractivity contribution in [2.75, 3.05) is 0 Å². The van der Waals surface area contributed by atoms with E-state index in [2.05, 4.69) is 15.8 Å². The lowest BCUT2D eigenvalue weighted by Crippen LogP contribution is -2.42. The summed E-state index contributed by atoms with van der Waals surface area (Å²) in [6.45, 7) is 0. The first-order valence-corrected chi connectivity index (χ1v) is 7.10. The van der Waals surface area contributed by atoms with Crippen molar-refractivity contribution in [1.82, 2.24) is 15.8 Å². The number of halogens is 3. The monoisotopic (exact) mass is 366 g/mol. The molecule has 4 N–H and O–H groups in total. The average Bonchev–Trinajstić information content (AvgIpc) is 2.95. The summed E-state index contributed by atoms with van der Waals surface area (Å²) < 4.78 is 13.6. The van der Waals surface area contributed by atoms with Gasteiger partial charge in [-0.25, -0.2) is 4.39 Å². The summed E-state index contributed by atoms with van der Waals surface area (Å²) in [5, 5.41) is 9.14. The Bertz CT molecular complexity index is 910. The maximum absolute atomic E-state index is 13.6. The van der Waals surface area contributed by atoms with Gasteiger partial charge >= 0.3 is 0 Å². The molecule has 0 saturated heterocycles. The van der Waals surface area contributed by atoms with Crippen LogP contribution in [0.25, 0.3) is 10.9 Å². The zero-order valence-corrected chi connectivity index (χ0v) is 13.8. The van der Waals surface area contributed by atoms with Crippen LogP contribution in [0.5, 0.6) is 0 Å². The van der Waals surface area contributed by atoms with Crippen LogP contribution in [0.15, 0.2) is 48.5 Å².